The van der Waals surface area contributed by atoms with E-state index in [4.69, 9.17) is 28.9 Å². The lowest BCUT2D eigenvalue weighted by Crippen LogP contribution is -2.29. The van der Waals surface area contributed by atoms with Gasteiger partial charge in [-0.05, 0) is 36.0 Å². The van der Waals surface area contributed by atoms with Gasteiger partial charge in [-0.3, -0.25) is 0 Å². The number of hydrogen-bond donors (Lipinski definition) is 1. The molecule has 0 saturated heterocycles. The van der Waals surface area contributed by atoms with Gasteiger partial charge < -0.3 is 5.73 Å². The summed E-state index contributed by atoms with van der Waals surface area (Å²) >= 11 is 12.1. The number of benzene rings is 1. The Morgan fingerprint density at radius 3 is 2.44 bits per heavy atom. The lowest BCUT2D eigenvalue weighted by molar-refractivity contribution is 0.265. The first kappa shape index (κ1) is 12.2. The van der Waals surface area contributed by atoms with Crippen LogP contribution in [0.25, 0.3) is 0 Å². The lowest BCUT2D eigenvalue weighted by atomic mass is 9.78. The van der Waals surface area contributed by atoms with Crippen LogP contribution >= 0.6 is 23.2 Å². The Kier molecular flexibility index (Phi) is 3.48. The second-order valence-electron chi connectivity index (χ2n) is 5.00. The molecule has 1 nitrogen and oxygen atoms in total. The van der Waals surface area contributed by atoms with Gasteiger partial charge in [0.25, 0.3) is 0 Å². The lowest BCUT2D eigenvalue weighted by Gasteiger charge is -2.32. The van der Waals surface area contributed by atoms with Crippen LogP contribution in [0.1, 0.15) is 44.2 Å². The molecule has 1 aliphatic carbocycles. The van der Waals surface area contributed by atoms with Gasteiger partial charge in [-0.1, -0.05) is 49.0 Å². The molecular formula is C13H17Cl2N. The summed E-state index contributed by atoms with van der Waals surface area (Å²) in [4.78, 5) is 0. The molecule has 0 bridgehead atoms. The molecule has 2 rings (SSSR count). The number of hydrogen-bond acceptors (Lipinski definition) is 1. The van der Waals surface area contributed by atoms with Gasteiger partial charge in [-0.15, -0.1) is 0 Å². The molecule has 1 aromatic carbocycles. The number of halogens is 2. The van der Waals surface area contributed by atoms with E-state index in [1.54, 1.807) is 6.07 Å². The first-order valence-electron chi connectivity index (χ1n) is 5.73. The largest absolute Gasteiger partial charge is 0.323 e. The van der Waals surface area contributed by atoms with Crippen LogP contribution in [0, 0.1) is 5.41 Å². The van der Waals surface area contributed by atoms with Crippen molar-refractivity contribution >= 4 is 23.2 Å². The minimum Gasteiger partial charge on any atom is -0.323 e. The van der Waals surface area contributed by atoms with E-state index < -0.39 is 0 Å². The number of rotatable bonds is 2. The van der Waals surface area contributed by atoms with Crippen LogP contribution < -0.4 is 5.73 Å². The topological polar surface area (TPSA) is 26.0 Å². The fourth-order valence-electron chi connectivity index (χ4n) is 2.62. The molecule has 1 atom stereocenters. The van der Waals surface area contributed by atoms with Crippen LogP contribution in [0.3, 0.4) is 0 Å². The molecule has 0 heterocycles. The van der Waals surface area contributed by atoms with E-state index in [9.17, 15) is 0 Å². The van der Waals surface area contributed by atoms with Gasteiger partial charge in [0.2, 0.25) is 0 Å². The highest BCUT2D eigenvalue weighted by molar-refractivity contribution is 6.35. The average Bonchev–Trinajstić information content (AvgIpc) is 2.66. The molecule has 1 fully saturated rings. The molecule has 88 valence electrons. The third-order valence-electron chi connectivity index (χ3n) is 3.79. The molecule has 0 aromatic heterocycles. The Hall–Kier alpha value is -0.240. The van der Waals surface area contributed by atoms with Crippen LogP contribution in [0.2, 0.25) is 10.0 Å². The SMILES string of the molecule is CC1(C(N)c2ccc(Cl)cc2Cl)CCCC1. The molecule has 0 spiro atoms. The minimum absolute atomic E-state index is 0.0137. The zero-order chi connectivity index (χ0) is 11.8. The van der Waals surface area contributed by atoms with Crippen LogP contribution in [-0.2, 0) is 0 Å². The second-order valence-corrected chi connectivity index (χ2v) is 5.85. The summed E-state index contributed by atoms with van der Waals surface area (Å²) in [5.41, 5.74) is 7.57. The predicted molar refractivity (Wildman–Crippen MR) is 70.0 cm³/mol. The van der Waals surface area contributed by atoms with E-state index in [-0.39, 0.29) is 11.5 Å². The first-order chi connectivity index (χ1) is 7.53. The Morgan fingerprint density at radius 2 is 1.88 bits per heavy atom. The van der Waals surface area contributed by atoms with Crippen molar-refractivity contribution in [2.24, 2.45) is 11.1 Å². The second kappa shape index (κ2) is 4.56. The standard InChI is InChI=1S/C13H17Cl2N/c1-13(6-2-3-7-13)12(16)10-5-4-9(14)8-11(10)15/h4-5,8,12H,2-3,6-7,16H2,1H3. The molecule has 0 radical (unpaired) electrons. The molecule has 1 aliphatic rings. The first-order valence-corrected chi connectivity index (χ1v) is 6.49. The fourth-order valence-corrected chi connectivity index (χ4v) is 3.15. The van der Waals surface area contributed by atoms with Crippen molar-refractivity contribution in [3.05, 3.63) is 33.8 Å². The van der Waals surface area contributed by atoms with Crippen LogP contribution in [0.5, 0.6) is 0 Å². The Bertz CT molecular complexity index is 384. The molecule has 1 unspecified atom stereocenters. The highest BCUT2D eigenvalue weighted by atomic mass is 35.5. The Labute approximate surface area is 107 Å². The quantitative estimate of drug-likeness (QED) is 0.825. The van der Waals surface area contributed by atoms with Gasteiger partial charge in [-0.2, -0.15) is 0 Å². The third kappa shape index (κ3) is 2.22. The van der Waals surface area contributed by atoms with Crippen molar-refractivity contribution < 1.29 is 0 Å². The van der Waals surface area contributed by atoms with Gasteiger partial charge in [0, 0.05) is 16.1 Å². The van der Waals surface area contributed by atoms with E-state index >= 15 is 0 Å². The maximum absolute atomic E-state index is 6.36. The minimum atomic E-state index is 0.0137. The van der Waals surface area contributed by atoms with Crippen molar-refractivity contribution in [2.45, 2.75) is 38.6 Å². The van der Waals surface area contributed by atoms with E-state index in [0.29, 0.717) is 10.0 Å². The van der Waals surface area contributed by atoms with E-state index in [1.165, 1.54) is 25.7 Å². The molecule has 16 heavy (non-hydrogen) atoms. The van der Waals surface area contributed by atoms with Crippen LogP contribution in [0.4, 0.5) is 0 Å². The summed E-state index contributed by atoms with van der Waals surface area (Å²) in [6, 6.07) is 5.61. The Balaban J connectivity index is 2.29. The normalized spacial score (nSPS) is 21.0. The van der Waals surface area contributed by atoms with E-state index in [2.05, 4.69) is 6.92 Å². The smallest absolute Gasteiger partial charge is 0.0468 e. The van der Waals surface area contributed by atoms with Crippen molar-refractivity contribution in [1.82, 2.24) is 0 Å². The van der Waals surface area contributed by atoms with Crippen molar-refractivity contribution in [3.63, 3.8) is 0 Å². The van der Waals surface area contributed by atoms with Gasteiger partial charge in [-0.25, -0.2) is 0 Å². The Morgan fingerprint density at radius 1 is 1.25 bits per heavy atom. The molecule has 2 N–H and O–H groups in total. The summed E-state index contributed by atoms with van der Waals surface area (Å²) < 4.78 is 0. The molecule has 1 aromatic rings. The maximum atomic E-state index is 6.36. The van der Waals surface area contributed by atoms with Gasteiger partial charge in [0.1, 0.15) is 0 Å². The van der Waals surface area contributed by atoms with Gasteiger partial charge >= 0.3 is 0 Å². The molecule has 0 aliphatic heterocycles. The number of nitrogens with two attached hydrogens (primary N) is 1. The van der Waals surface area contributed by atoms with E-state index in [1.807, 2.05) is 12.1 Å². The third-order valence-corrected chi connectivity index (χ3v) is 4.36. The van der Waals surface area contributed by atoms with Gasteiger partial charge in [0.15, 0.2) is 0 Å². The summed E-state index contributed by atoms with van der Waals surface area (Å²) in [5.74, 6) is 0. The monoisotopic (exact) mass is 257 g/mol. The van der Waals surface area contributed by atoms with Crippen LogP contribution in [-0.4, -0.2) is 0 Å². The zero-order valence-corrected chi connectivity index (χ0v) is 11.0. The van der Waals surface area contributed by atoms with Crippen molar-refractivity contribution in [1.29, 1.82) is 0 Å². The summed E-state index contributed by atoms with van der Waals surface area (Å²) in [6.45, 7) is 2.26. The highest BCUT2D eigenvalue weighted by Crippen LogP contribution is 2.47. The summed E-state index contributed by atoms with van der Waals surface area (Å²) in [7, 11) is 0. The van der Waals surface area contributed by atoms with Gasteiger partial charge in [0.05, 0.1) is 0 Å². The fraction of sp³-hybridized carbons (Fsp3) is 0.538. The van der Waals surface area contributed by atoms with Crippen molar-refractivity contribution in [2.75, 3.05) is 0 Å². The zero-order valence-electron chi connectivity index (χ0n) is 9.47. The molecule has 0 amide bonds. The van der Waals surface area contributed by atoms with Crippen LogP contribution in [0.15, 0.2) is 18.2 Å². The predicted octanol–water partition coefficient (Wildman–Crippen LogP) is 4.57. The molecule has 1 saturated carbocycles. The maximum Gasteiger partial charge on any atom is 0.0468 e. The summed E-state index contributed by atoms with van der Waals surface area (Å²) in [5, 5.41) is 1.35. The van der Waals surface area contributed by atoms with Crippen molar-refractivity contribution in [3.8, 4) is 0 Å². The highest BCUT2D eigenvalue weighted by Gasteiger charge is 2.36. The van der Waals surface area contributed by atoms with E-state index in [0.717, 1.165) is 5.56 Å². The molecule has 3 heteroatoms. The average molecular weight is 258 g/mol. The summed E-state index contributed by atoms with van der Waals surface area (Å²) in [6.07, 6.45) is 4.92. The molecular weight excluding hydrogens is 241 g/mol.